The lowest BCUT2D eigenvalue weighted by Gasteiger charge is -2.11. The Balaban J connectivity index is 1.78. The van der Waals surface area contributed by atoms with Crippen molar-refractivity contribution in [1.29, 1.82) is 0 Å². The molecule has 0 spiro atoms. The smallest absolute Gasteiger partial charge is 0.433 e. The molecule has 1 amide bonds. The highest BCUT2D eigenvalue weighted by molar-refractivity contribution is 6.31. The summed E-state index contributed by atoms with van der Waals surface area (Å²) in [4.78, 5) is 16.9. The fraction of sp³-hybridized carbons (Fsp3) is 0.0952. The molecule has 0 unspecified atom stereocenters. The lowest BCUT2D eigenvalue weighted by atomic mass is 10.1. The molecule has 6 nitrogen and oxygen atoms in total. The van der Waals surface area contributed by atoms with E-state index in [0.29, 0.717) is 20.9 Å². The van der Waals surface area contributed by atoms with Gasteiger partial charge in [0.05, 0.1) is 18.5 Å². The minimum Gasteiger partial charge on any atom is -0.495 e. The van der Waals surface area contributed by atoms with E-state index in [9.17, 15) is 18.0 Å². The van der Waals surface area contributed by atoms with Gasteiger partial charge < -0.3 is 10.1 Å². The van der Waals surface area contributed by atoms with Crippen molar-refractivity contribution in [2.75, 3.05) is 12.4 Å². The minimum atomic E-state index is -4.71. The van der Waals surface area contributed by atoms with Crippen molar-refractivity contribution in [3.05, 3.63) is 77.1 Å². The summed E-state index contributed by atoms with van der Waals surface area (Å²) < 4.78 is 46.9. The third kappa shape index (κ3) is 4.17. The van der Waals surface area contributed by atoms with Crippen LogP contribution in [0.5, 0.6) is 5.75 Å². The molecular weight excluding hydrogens is 433 g/mol. The highest BCUT2D eigenvalue weighted by Gasteiger charge is 2.35. The van der Waals surface area contributed by atoms with E-state index in [0.717, 1.165) is 6.07 Å². The average molecular weight is 447 g/mol. The Morgan fingerprint density at radius 1 is 1.10 bits per heavy atom. The van der Waals surface area contributed by atoms with Crippen LogP contribution in [0.3, 0.4) is 0 Å². The second kappa shape index (κ2) is 7.92. The molecule has 0 radical (unpaired) electrons. The largest absolute Gasteiger partial charge is 0.495 e. The van der Waals surface area contributed by atoms with Gasteiger partial charge in [-0.2, -0.15) is 18.3 Å². The lowest BCUT2D eigenvalue weighted by Crippen LogP contribution is -2.16. The summed E-state index contributed by atoms with van der Waals surface area (Å²) in [5, 5.41) is 6.73. The Kier molecular flexibility index (Phi) is 5.28. The van der Waals surface area contributed by atoms with Crippen molar-refractivity contribution in [3.8, 4) is 17.0 Å². The first-order valence-corrected chi connectivity index (χ1v) is 9.32. The molecule has 31 heavy (non-hydrogen) atoms. The number of hydrogen-bond donors (Lipinski definition) is 1. The zero-order chi connectivity index (χ0) is 22.2. The number of fused-ring (bicyclic) bond motifs is 1. The summed E-state index contributed by atoms with van der Waals surface area (Å²) in [6, 6.07) is 15.1. The van der Waals surface area contributed by atoms with Crippen molar-refractivity contribution >= 4 is 28.8 Å². The zero-order valence-corrected chi connectivity index (χ0v) is 16.7. The average Bonchev–Trinajstić information content (AvgIpc) is 3.17. The van der Waals surface area contributed by atoms with Gasteiger partial charge in [0.1, 0.15) is 5.75 Å². The van der Waals surface area contributed by atoms with Crippen molar-refractivity contribution in [2.24, 2.45) is 0 Å². The summed E-state index contributed by atoms with van der Waals surface area (Å²) in [5.41, 5.74) is -0.529. The van der Waals surface area contributed by atoms with Crippen LogP contribution in [0, 0.1) is 0 Å². The fourth-order valence-corrected chi connectivity index (χ4v) is 3.18. The molecule has 4 rings (SSSR count). The van der Waals surface area contributed by atoms with Crippen LogP contribution in [0.4, 0.5) is 18.9 Å². The Morgan fingerprint density at radius 2 is 1.84 bits per heavy atom. The quantitative estimate of drug-likeness (QED) is 0.460. The second-order valence-electron chi connectivity index (χ2n) is 6.49. The molecule has 2 heterocycles. The number of halogens is 4. The van der Waals surface area contributed by atoms with Crippen LogP contribution < -0.4 is 10.1 Å². The number of anilines is 1. The molecule has 0 bridgehead atoms. The van der Waals surface area contributed by atoms with Crippen molar-refractivity contribution in [1.82, 2.24) is 14.6 Å². The highest BCUT2D eigenvalue weighted by atomic mass is 35.5. The van der Waals surface area contributed by atoms with E-state index in [4.69, 9.17) is 16.3 Å². The number of amides is 1. The molecule has 0 fully saturated rings. The summed E-state index contributed by atoms with van der Waals surface area (Å²) in [5.74, 6) is -0.401. The van der Waals surface area contributed by atoms with Gasteiger partial charge in [0.2, 0.25) is 0 Å². The van der Waals surface area contributed by atoms with Crippen LogP contribution >= 0.6 is 11.6 Å². The number of carbonyl (C=O) groups is 1. The Labute approximate surface area is 179 Å². The fourth-order valence-electron chi connectivity index (χ4n) is 3.01. The van der Waals surface area contributed by atoms with Gasteiger partial charge in [-0.05, 0) is 24.3 Å². The Hall–Kier alpha value is -3.59. The molecule has 0 saturated heterocycles. The molecule has 0 saturated carbocycles. The van der Waals surface area contributed by atoms with Crippen LogP contribution in [0.25, 0.3) is 16.9 Å². The highest BCUT2D eigenvalue weighted by Crippen LogP contribution is 2.33. The molecule has 158 valence electrons. The number of carbonyl (C=O) groups excluding carboxylic acids is 1. The summed E-state index contributed by atoms with van der Waals surface area (Å²) in [6.07, 6.45) is -4.71. The van der Waals surface area contributed by atoms with Gasteiger partial charge in [0.15, 0.2) is 17.0 Å². The van der Waals surface area contributed by atoms with E-state index in [1.807, 2.05) is 0 Å². The molecule has 0 aliphatic heterocycles. The van der Waals surface area contributed by atoms with E-state index in [-0.39, 0.29) is 22.7 Å². The molecule has 0 aliphatic carbocycles. The van der Waals surface area contributed by atoms with Gasteiger partial charge in [-0.3, -0.25) is 4.79 Å². The van der Waals surface area contributed by atoms with Gasteiger partial charge in [-0.15, -0.1) is 0 Å². The van der Waals surface area contributed by atoms with E-state index in [1.165, 1.54) is 19.2 Å². The topological polar surface area (TPSA) is 68.5 Å². The third-order valence-corrected chi connectivity index (χ3v) is 4.66. The van der Waals surface area contributed by atoms with Crippen molar-refractivity contribution in [3.63, 3.8) is 0 Å². The van der Waals surface area contributed by atoms with Crippen LogP contribution in [0.1, 0.15) is 16.2 Å². The molecule has 0 aliphatic rings. The maximum absolute atomic E-state index is 13.7. The van der Waals surface area contributed by atoms with Crippen LogP contribution in [0.15, 0.2) is 60.7 Å². The van der Waals surface area contributed by atoms with Gasteiger partial charge in [0, 0.05) is 16.7 Å². The number of hydrogen-bond acceptors (Lipinski definition) is 4. The molecule has 2 aromatic carbocycles. The van der Waals surface area contributed by atoms with Gasteiger partial charge in [0.25, 0.3) is 5.91 Å². The summed E-state index contributed by atoms with van der Waals surface area (Å²) >= 11 is 5.95. The normalized spacial score (nSPS) is 11.5. The number of alkyl halides is 3. The molecule has 1 N–H and O–H groups in total. The minimum absolute atomic E-state index is 0.114. The summed E-state index contributed by atoms with van der Waals surface area (Å²) in [6.45, 7) is 0. The first-order chi connectivity index (χ1) is 14.8. The van der Waals surface area contributed by atoms with Crippen molar-refractivity contribution < 1.29 is 22.7 Å². The lowest BCUT2D eigenvalue weighted by molar-refractivity contribution is -0.142. The molecule has 2 aromatic heterocycles. The van der Waals surface area contributed by atoms with Gasteiger partial charge in [-0.25, -0.2) is 9.50 Å². The van der Waals surface area contributed by atoms with E-state index in [1.54, 1.807) is 42.5 Å². The molecule has 0 atom stereocenters. The molecular formula is C21H14ClF3N4O2. The SMILES string of the molecule is COc1ccc(Cl)cc1NC(=O)c1cc2nc(-c3ccccc3)cc(C(F)(F)F)n2n1. The molecule has 10 heteroatoms. The van der Waals surface area contributed by atoms with Crippen LogP contribution in [-0.2, 0) is 6.18 Å². The maximum Gasteiger partial charge on any atom is 0.433 e. The van der Waals surface area contributed by atoms with Crippen molar-refractivity contribution in [2.45, 2.75) is 6.18 Å². The Morgan fingerprint density at radius 3 is 2.52 bits per heavy atom. The predicted molar refractivity (Wildman–Crippen MR) is 109 cm³/mol. The number of benzene rings is 2. The third-order valence-electron chi connectivity index (χ3n) is 4.43. The first kappa shape index (κ1) is 20.7. The number of methoxy groups -OCH3 is 1. The monoisotopic (exact) mass is 446 g/mol. The Bertz CT molecular complexity index is 1270. The number of ether oxygens (including phenoxy) is 1. The maximum atomic E-state index is 13.7. The number of nitrogens with one attached hydrogen (secondary N) is 1. The van der Waals surface area contributed by atoms with Crippen LogP contribution in [-0.4, -0.2) is 27.6 Å². The van der Waals surface area contributed by atoms with Gasteiger partial charge >= 0.3 is 6.18 Å². The second-order valence-corrected chi connectivity index (χ2v) is 6.93. The van der Waals surface area contributed by atoms with E-state index >= 15 is 0 Å². The number of nitrogens with zero attached hydrogens (tertiary/aromatic N) is 3. The van der Waals surface area contributed by atoms with Crippen LogP contribution in [0.2, 0.25) is 5.02 Å². The first-order valence-electron chi connectivity index (χ1n) is 8.94. The van der Waals surface area contributed by atoms with E-state index < -0.39 is 17.8 Å². The number of aromatic nitrogens is 3. The zero-order valence-electron chi connectivity index (χ0n) is 15.9. The molecule has 4 aromatic rings. The summed E-state index contributed by atoms with van der Waals surface area (Å²) in [7, 11) is 1.41. The van der Waals surface area contributed by atoms with E-state index in [2.05, 4.69) is 15.4 Å². The standard InChI is InChI=1S/C21H14ClF3N4O2/c1-31-17-8-7-13(22)9-15(17)27-20(30)16-11-19-26-14(12-5-3-2-4-6-12)10-18(21(23,24)25)29(19)28-16/h2-11H,1H3,(H,27,30). The number of rotatable bonds is 4. The van der Waals surface area contributed by atoms with Gasteiger partial charge in [-0.1, -0.05) is 41.9 Å². The predicted octanol–water partition coefficient (Wildman–Crippen LogP) is 5.33.